The van der Waals surface area contributed by atoms with Crippen molar-refractivity contribution in [1.29, 1.82) is 0 Å². The summed E-state index contributed by atoms with van der Waals surface area (Å²) >= 11 is 0. The summed E-state index contributed by atoms with van der Waals surface area (Å²) in [5.41, 5.74) is 0.870. The Morgan fingerprint density at radius 1 is 1.03 bits per heavy atom. The maximum Gasteiger partial charge on any atom is 0.339 e. The number of hydrogen-bond acceptors (Lipinski definition) is 6. The Morgan fingerprint density at radius 3 is 2.29 bits per heavy atom. The molecule has 4 rings (SSSR count). The van der Waals surface area contributed by atoms with Crippen LogP contribution in [0.25, 0.3) is 0 Å². The minimum absolute atomic E-state index is 0.0389. The van der Waals surface area contributed by atoms with Crippen LogP contribution in [0.3, 0.4) is 0 Å². The molecule has 1 aromatic heterocycles. The molecule has 31 heavy (non-hydrogen) atoms. The minimum Gasteiger partial charge on any atom is -0.497 e. The lowest BCUT2D eigenvalue weighted by molar-refractivity contribution is 0.0702. The number of ether oxygens (including phenoxy) is 1. The normalized spacial score (nSPS) is 13.6. The van der Waals surface area contributed by atoms with Crippen LogP contribution in [0.15, 0.2) is 76.2 Å². The van der Waals surface area contributed by atoms with E-state index in [1.54, 1.807) is 53.4 Å². The maximum atomic E-state index is 12.8. The fourth-order valence-electron chi connectivity index (χ4n) is 3.18. The Balaban J connectivity index is 1.44. The molecular weight excluding hydrogens is 418 g/mol. The monoisotopic (exact) mass is 441 g/mol. The van der Waals surface area contributed by atoms with E-state index < -0.39 is 10.1 Å². The molecule has 1 amide bonds. The molecule has 1 aliphatic rings. The van der Waals surface area contributed by atoms with E-state index in [0.717, 1.165) is 18.4 Å². The van der Waals surface area contributed by atoms with Crippen LogP contribution < -0.4 is 8.92 Å². The minimum atomic E-state index is -3.96. The molecule has 7 nitrogen and oxygen atoms in total. The van der Waals surface area contributed by atoms with Gasteiger partial charge in [-0.25, -0.2) is 0 Å². The third-order valence-electron chi connectivity index (χ3n) is 5.05. The summed E-state index contributed by atoms with van der Waals surface area (Å²) in [6.45, 7) is 1.07. The highest BCUT2D eigenvalue weighted by Crippen LogP contribution is 2.31. The van der Waals surface area contributed by atoms with Gasteiger partial charge in [-0.2, -0.15) is 8.42 Å². The van der Waals surface area contributed by atoms with Gasteiger partial charge < -0.3 is 18.2 Å². The van der Waals surface area contributed by atoms with Crippen LogP contribution in [-0.4, -0.2) is 32.9 Å². The van der Waals surface area contributed by atoms with Crippen molar-refractivity contribution in [2.24, 2.45) is 5.92 Å². The molecule has 0 N–H and O–H groups in total. The van der Waals surface area contributed by atoms with E-state index in [1.807, 2.05) is 0 Å². The first-order chi connectivity index (χ1) is 14.9. The van der Waals surface area contributed by atoms with Crippen LogP contribution in [0.2, 0.25) is 0 Å². The number of amides is 1. The first-order valence-electron chi connectivity index (χ1n) is 9.95. The molecule has 162 valence electrons. The number of carbonyl (C=O) groups is 1. The highest BCUT2D eigenvalue weighted by molar-refractivity contribution is 7.87. The summed E-state index contributed by atoms with van der Waals surface area (Å²) in [5, 5.41) is 0. The van der Waals surface area contributed by atoms with Gasteiger partial charge in [-0.1, -0.05) is 12.1 Å². The third kappa shape index (κ3) is 5.27. The zero-order valence-corrected chi connectivity index (χ0v) is 17.9. The zero-order valence-electron chi connectivity index (χ0n) is 17.1. The van der Waals surface area contributed by atoms with Crippen LogP contribution in [0.4, 0.5) is 0 Å². The molecule has 0 bridgehead atoms. The van der Waals surface area contributed by atoms with Crippen molar-refractivity contribution in [3.05, 3.63) is 78.3 Å². The average Bonchev–Trinajstić information content (AvgIpc) is 3.42. The lowest BCUT2D eigenvalue weighted by atomic mass is 10.2. The largest absolute Gasteiger partial charge is 0.497 e. The van der Waals surface area contributed by atoms with E-state index in [4.69, 9.17) is 13.3 Å². The number of rotatable bonds is 9. The second kappa shape index (κ2) is 8.85. The quantitative estimate of drug-likeness (QED) is 0.465. The SMILES string of the molecule is COc1ccc(S(=O)(=O)Oc2ccc(CN(CC3CC3)C(=O)c3ccco3)cc2)cc1. The van der Waals surface area contributed by atoms with Gasteiger partial charge in [0.1, 0.15) is 16.4 Å². The molecule has 2 aromatic carbocycles. The number of hydrogen-bond donors (Lipinski definition) is 0. The van der Waals surface area contributed by atoms with Crippen molar-refractivity contribution < 1.29 is 26.5 Å². The van der Waals surface area contributed by atoms with Crippen molar-refractivity contribution in [2.45, 2.75) is 24.3 Å². The number of furan rings is 1. The molecule has 0 saturated heterocycles. The molecule has 0 aliphatic heterocycles. The Bertz CT molecular complexity index is 1120. The van der Waals surface area contributed by atoms with Gasteiger partial charge in [-0.05, 0) is 72.9 Å². The molecule has 1 saturated carbocycles. The lowest BCUT2D eigenvalue weighted by Crippen LogP contribution is -2.32. The molecule has 0 unspecified atom stereocenters. The van der Waals surface area contributed by atoms with Crippen molar-refractivity contribution in [3.63, 3.8) is 0 Å². The predicted molar refractivity (Wildman–Crippen MR) is 113 cm³/mol. The summed E-state index contributed by atoms with van der Waals surface area (Å²) in [6, 6.07) is 16.0. The molecule has 0 radical (unpaired) electrons. The average molecular weight is 442 g/mol. The number of carbonyl (C=O) groups excluding carboxylic acids is 1. The van der Waals surface area contributed by atoms with Crippen molar-refractivity contribution >= 4 is 16.0 Å². The Morgan fingerprint density at radius 2 is 1.71 bits per heavy atom. The lowest BCUT2D eigenvalue weighted by Gasteiger charge is -2.22. The Kier molecular flexibility index (Phi) is 5.99. The maximum absolute atomic E-state index is 12.8. The van der Waals surface area contributed by atoms with E-state index in [0.29, 0.717) is 30.5 Å². The molecule has 3 aromatic rings. The summed E-state index contributed by atoms with van der Waals surface area (Å²) < 4.78 is 40.5. The highest BCUT2D eigenvalue weighted by Gasteiger charge is 2.28. The molecule has 0 spiro atoms. The van der Waals surface area contributed by atoms with Gasteiger partial charge in [-0.15, -0.1) is 0 Å². The fourth-order valence-corrected chi connectivity index (χ4v) is 4.11. The van der Waals surface area contributed by atoms with Gasteiger partial charge in [0.15, 0.2) is 5.76 Å². The molecular formula is C23H23NO6S. The third-order valence-corrected chi connectivity index (χ3v) is 6.31. The van der Waals surface area contributed by atoms with Crippen LogP contribution in [0.1, 0.15) is 29.0 Å². The molecule has 1 heterocycles. The number of benzene rings is 2. The molecule has 8 heteroatoms. The number of methoxy groups -OCH3 is 1. The van der Waals surface area contributed by atoms with E-state index in [1.165, 1.54) is 25.5 Å². The van der Waals surface area contributed by atoms with Gasteiger partial charge in [0.25, 0.3) is 5.91 Å². The van der Waals surface area contributed by atoms with Gasteiger partial charge in [0, 0.05) is 13.1 Å². The van der Waals surface area contributed by atoms with Crippen molar-refractivity contribution in [2.75, 3.05) is 13.7 Å². The first kappa shape index (κ1) is 21.0. The molecule has 1 aliphatic carbocycles. The van der Waals surface area contributed by atoms with E-state index in [2.05, 4.69) is 0 Å². The fraction of sp³-hybridized carbons (Fsp3) is 0.261. The van der Waals surface area contributed by atoms with Crippen LogP contribution in [-0.2, 0) is 16.7 Å². The van der Waals surface area contributed by atoms with Gasteiger partial charge in [0.2, 0.25) is 0 Å². The van der Waals surface area contributed by atoms with Crippen molar-refractivity contribution in [3.8, 4) is 11.5 Å². The molecule has 0 atom stereocenters. The summed E-state index contributed by atoms with van der Waals surface area (Å²) in [5.74, 6) is 1.44. The Labute approximate surface area is 181 Å². The topological polar surface area (TPSA) is 86.1 Å². The van der Waals surface area contributed by atoms with Crippen LogP contribution in [0, 0.1) is 5.92 Å². The van der Waals surface area contributed by atoms with E-state index in [9.17, 15) is 13.2 Å². The summed E-state index contributed by atoms with van der Waals surface area (Å²) in [4.78, 5) is 14.6. The van der Waals surface area contributed by atoms with Crippen molar-refractivity contribution in [1.82, 2.24) is 4.90 Å². The van der Waals surface area contributed by atoms with Gasteiger partial charge in [-0.3, -0.25) is 4.79 Å². The van der Waals surface area contributed by atoms with E-state index >= 15 is 0 Å². The molecule has 1 fully saturated rings. The van der Waals surface area contributed by atoms with Gasteiger partial charge >= 0.3 is 10.1 Å². The highest BCUT2D eigenvalue weighted by atomic mass is 32.2. The number of nitrogens with zero attached hydrogens (tertiary/aromatic N) is 1. The second-order valence-electron chi connectivity index (χ2n) is 7.46. The van der Waals surface area contributed by atoms with Crippen LogP contribution >= 0.6 is 0 Å². The second-order valence-corrected chi connectivity index (χ2v) is 9.01. The van der Waals surface area contributed by atoms with Crippen LogP contribution in [0.5, 0.6) is 11.5 Å². The summed E-state index contributed by atoms with van der Waals surface area (Å²) in [7, 11) is -2.45. The van der Waals surface area contributed by atoms with E-state index in [-0.39, 0.29) is 16.6 Å². The summed E-state index contributed by atoms with van der Waals surface area (Å²) in [6.07, 6.45) is 3.73. The smallest absolute Gasteiger partial charge is 0.339 e. The first-order valence-corrected chi connectivity index (χ1v) is 11.4. The predicted octanol–water partition coefficient (Wildman–Crippen LogP) is 4.11. The standard InChI is InChI=1S/C23H23NO6S/c1-28-19-10-12-21(13-11-19)31(26,27)30-20-8-6-18(7-9-20)16-24(15-17-4-5-17)23(25)22-3-2-14-29-22/h2-3,6-14,17H,4-5,15-16H2,1H3. The Hall–Kier alpha value is -3.26. The zero-order chi connectivity index (χ0) is 21.8. The van der Waals surface area contributed by atoms with Gasteiger partial charge in [0.05, 0.1) is 13.4 Å².